The quantitative estimate of drug-likeness (QED) is 0.526. The summed E-state index contributed by atoms with van der Waals surface area (Å²) in [7, 11) is 0. The number of halogens is 1. The predicted molar refractivity (Wildman–Crippen MR) is 90.2 cm³/mol. The van der Waals surface area contributed by atoms with Crippen LogP contribution < -0.4 is 0 Å². The first-order chi connectivity index (χ1) is 11.2. The van der Waals surface area contributed by atoms with Gasteiger partial charge >= 0.3 is 0 Å². The van der Waals surface area contributed by atoms with Crippen molar-refractivity contribution in [1.82, 2.24) is 15.1 Å². The summed E-state index contributed by atoms with van der Waals surface area (Å²) in [5.74, 6) is 0.885. The van der Waals surface area contributed by atoms with Crippen LogP contribution in [0.2, 0.25) is 5.02 Å². The van der Waals surface area contributed by atoms with Crippen molar-refractivity contribution in [2.24, 2.45) is 0 Å². The van der Waals surface area contributed by atoms with Crippen molar-refractivity contribution in [3.8, 4) is 23.0 Å². The number of benzene rings is 2. The van der Waals surface area contributed by atoms with E-state index in [9.17, 15) is 0 Å². The summed E-state index contributed by atoms with van der Waals surface area (Å²) in [6.45, 7) is 2.06. The Balaban J connectivity index is 1.75. The summed E-state index contributed by atoms with van der Waals surface area (Å²) in [6.07, 6.45) is 0. The Morgan fingerprint density at radius 1 is 0.957 bits per heavy atom. The molecule has 0 atom stereocenters. The monoisotopic (exact) mass is 321 g/mol. The van der Waals surface area contributed by atoms with Crippen molar-refractivity contribution in [2.45, 2.75) is 6.92 Å². The molecular weight excluding hydrogens is 310 g/mol. The van der Waals surface area contributed by atoms with E-state index in [-0.39, 0.29) is 0 Å². The summed E-state index contributed by atoms with van der Waals surface area (Å²) in [6, 6.07) is 17.3. The molecule has 0 bridgehead atoms. The standard InChI is InChI=1S/C18H12ClN3O/c1-11-5-7-15-12(9-11)6-8-16(20-15)17-21-18(23-22-17)13-3-2-4-14(19)10-13/h2-10H,1H3. The number of pyridine rings is 1. The van der Waals surface area contributed by atoms with Crippen LogP contribution >= 0.6 is 11.6 Å². The Labute approximate surface area is 137 Å². The Bertz CT molecular complexity index is 1010. The first-order valence-corrected chi connectivity index (χ1v) is 7.54. The van der Waals surface area contributed by atoms with E-state index in [0.717, 1.165) is 16.5 Å². The largest absolute Gasteiger partial charge is 0.334 e. The van der Waals surface area contributed by atoms with Crippen LogP contribution in [0.3, 0.4) is 0 Å². The number of fused-ring (bicyclic) bond motifs is 1. The Kier molecular flexibility index (Phi) is 3.32. The summed E-state index contributed by atoms with van der Waals surface area (Å²) in [5, 5.41) is 5.74. The molecule has 0 amide bonds. The second-order valence-electron chi connectivity index (χ2n) is 5.33. The van der Waals surface area contributed by atoms with Gasteiger partial charge in [0.2, 0.25) is 5.82 Å². The van der Waals surface area contributed by atoms with Gasteiger partial charge in [0.15, 0.2) is 0 Å². The van der Waals surface area contributed by atoms with Gasteiger partial charge in [0.1, 0.15) is 5.69 Å². The topological polar surface area (TPSA) is 51.8 Å². The lowest BCUT2D eigenvalue weighted by Crippen LogP contribution is -1.88. The first kappa shape index (κ1) is 13.9. The molecule has 0 aliphatic heterocycles. The van der Waals surface area contributed by atoms with Gasteiger partial charge in [0, 0.05) is 16.0 Å². The molecule has 5 heteroatoms. The van der Waals surface area contributed by atoms with Crippen LogP contribution in [0.4, 0.5) is 0 Å². The van der Waals surface area contributed by atoms with Crippen LogP contribution in [0, 0.1) is 6.92 Å². The van der Waals surface area contributed by atoms with Crippen molar-refractivity contribution < 1.29 is 4.52 Å². The third-order valence-corrected chi connectivity index (χ3v) is 3.81. The lowest BCUT2D eigenvalue weighted by atomic mass is 10.1. The molecular formula is C18H12ClN3O. The molecule has 0 unspecified atom stereocenters. The van der Waals surface area contributed by atoms with Crippen LogP contribution in [0.15, 0.2) is 59.1 Å². The van der Waals surface area contributed by atoms with E-state index in [2.05, 4.69) is 28.1 Å². The average molecular weight is 322 g/mol. The van der Waals surface area contributed by atoms with E-state index in [1.54, 1.807) is 12.1 Å². The highest BCUT2D eigenvalue weighted by Gasteiger charge is 2.12. The zero-order valence-corrected chi connectivity index (χ0v) is 13.1. The molecule has 0 fully saturated rings. The zero-order valence-electron chi connectivity index (χ0n) is 12.3. The summed E-state index contributed by atoms with van der Waals surface area (Å²) >= 11 is 5.99. The average Bonchev–Trinajstić information content (AvgIpc) is 3.04. The Hall–Kier alpha value is -2.72. The molecule has 112 valence electrons. The molecule has 0 spiro atoms. The summed E-state index contributed by atoms with van der Waals surface area (Å²) in [4.78, 5) is 9.02. The van der Waals surface area contributed by atoms with Crippen molar-refractivity contribution in [2.75, 3.05) is 0 Å². The fraction of sp³-hybridized carbons (Fsp3) is 0.0556. The van der Waals surface area contributed by atoms with Gasteiger partial charge in [-0.15, -0.1) is 0 Å². The maximum atomic E-state index is 5.99. The van der Waals surface area contributed by atoms with Crippen LogP contribution in [0.25, 0.3) is 33.9 Å². The third kappa shape index (κ3) is 2.69. The van der Waals surface area contributed by atoms with Gasteiger partial charge in [-0.25, -0.2) is 4.98 Å². The number of hydrogen-bond acceptors (Lipinski definition) is 4. The van der Waals surface area contributed by atoms with Gasteiger partial charge < -0.3 is 4.52 Å². The smallest absolute Gasteiger partial charge is 0.258 e. The first-order valence-electron chi connectivity index (χ1n) is 7.16. The summed E-state index contributed by atoms with van der Waals surface area (Å²) < 4.78 is 5.33. The fourth-order valence-corrected chi connectivity index (χ4v) is 2.63. The molecule has 2 heterocycles. The molecule has 2 aromatic heterocycles. The minimum atomic E-state index is 0.424. The predicted octanol–water partition coefficient (Wildman–Crippen LogP) is 4.91. The number of rotatable bonds is 2. The number of aromatic nitrogens is 3. The Morgan fingerprint density at radius 3 is 2.74 bits per heavy atom. The van der Waals surface area contributed by atoms with Gasteiger partial charge in [-0.3, -0.25) is 0 Å². The highest BCUT2D eigenvalue weighted by Crippen LogP contribution is 2.25. The van der Waals surface area contributed by atoms with E-state index in [4.69, 9.17) is 16.1 Å². The lowest BCUT2D eigenvalue weighted by Gasteiger charge is -2.00. The van der Waals surface area contributed by atoms with Crippen LogP contribution in [0.1, 0.15) is 5.56 Å². The molecule has 0 aliphatic rings. The maximum absolute atomic E-state index is 5.99. The Morgan fingerprint density at radius 2 is 1.87 bits per heavy atom. The normalized spacial score (nSPS) is 11.0. The second-order valence-corrected chi connectivity index (χ2v) is 5.76. The molecule has 0 saturated heterocycles. The minimum absolute atomic E-state index is 0.424. The molecule has 2 aromatic carbocycles. The van der Waals surface area contributed by atoms with Crippen molar-refractivity contribution in [1.29, 1.82) is 0 Å². The van der Waals surface area contributed by atoms with Gasteiger partial charge in [-0.1, -0.05) is 40.5 Å². The molecule has 4 rings (SSSR count). The van der Waals surface area contributed by atoms with Crippen LogP contribution in [-0.2, 0) is 0 Å². The van der Waals surface area contributed by atoms with E-state index in [1.165, 1.54) is 5.56 Å². The zero-order chi connectivity index (χ0) is 15.8. The van der Waals surface area contributed by atoms with E-state index >= 15 is 0 Å². The molecule has 4 aromatic rings. The molecule has 4 nitrogen and oxygen atoms in total. The summed E-state index contributed by atoms with van der Waals surface area (Å²) in [5.41, 5.74) is 3.57. The number of hydrogen-bond donors (Lipinski definition) is 0. The van der Waals surface area contributed by atoms with Gasteiger partial charge in [0.25, 0.3) is 5.89 Å². The SMILES string of the molecule is Cc1ccc2nc(-c3noc(-c4cccc(Cl)c4)n3)ccc2c1. The van der Waals surface area contributed by atoms with Crippen molar-refractivity contribution in [3.05, 3.63) is 65.2 Å². The highest BCUT2D eigenvalue weighted by atomic mass is 35.5. The second kappa shape index (κ2) is 5.48. The van der Waals surface area contributed by atoms with Crippen molar-refractivity contribution >= 4 is 22.5 Å². The van der Waals surface area contributed by atoms with Gasteiger partial charge in [-0.2, -0.15) is 4.98 Å². The molecule has 0 aliphatic carbocycles. The van der Waals surface area contributed by atoms with Crippen LogP contribution in [-0.4, -0.2) is 15.1 Å². The third-order valence-electron chi connectivity index (χ3n) is 3.57. The van der Waals surface area contributed by atoms with E-state index < -0.39 is 0 Å². The van der Waals surface area contributed by atoms with Gasteiger partial charge in [0.05, 0.1) is 5.52 Å². The number of nitrogens with zero attached hydrogens (tertiary/aromatic N) is 3. The van der Waals surface area contributed by atoms with Gasteiger partial charge in [-0.05, 0) is 43.3 Å². The number of aryl methyl sites for hydroxylation is 1. The fourth-order valence-electron chi connectivity index (χ4n) is 2.44. The minimum Gasteiger partial charge on any atom is -0.334 e. The van der Waals surface area contributed by atoms with Crippen molar-refractivity contribution in [3.63, 3.8) is 0 Å². The molecule has 23 heavy (non-hydrogen) atoms. The maximum Gasteiger partial charge on any atom is 0.258 e. The van der Waals surface area contributed by atoms with E-state index in [0.29, 0.717) is 22.4 Å². The molecule has 0 N–H and O–H groups in total. The van der Waals surface area contributed by atoms with E-state index in [1.807, 2.05) is 36.4 Å². The molecule has 0 radical (unpaired) electrons. The highest BCUT2D eigenvalue weighted by molar-refractivity contribution is 6.30. The van der Waals surface area contributed by atoms with Crippen LogP contribution in [0.5, 0.6) is 0 Å². The molecule has 0 saturated carbocycles. The lowest BCUT2D eigenvalue weighted by molar-refractivity contribution is 0.432.